The maximum atomic E-state index is 12.6. The monoisotopic (exact) mass is 389 g/mol. The second-order valence-electron chi connectivity index (χ2n) is 6.37. The molecule has 144 valence electrons. The van der Waals surface area contributed by atoms with Crippen molar-refractivity contribution in [3.05, 3.63) is 48.0 Å². The van der Waals surface area contributed by atoms with Crippen molar-refractivity contribution in [1.29, 1.82) is 0 Å². The molecular formula is C20H24ClN3O3. The van der Waals surface area contributed by atoms with Crippen molar-refractivity contribution in [2.75, 3.05) is 29.1 Å². The van der Waals surface area contributed by atoms with Crippen molar-refractivity contribution in [2.45, 2.75) is 20.3 Å². The number of anilines is 3. The van der Waals surface area contributed by atoms with E-state index in [0.29, 0.717) is 36.0 Å². The van der Waals surface area contributed by atoms with Gasteiger partial charge < -0.3 is 20.7 Å². The number of amides is 2. The number of nitrogen functional groups attached to an aromatic ring is 1. The Labute approximate surface area is 165 Å². The summed E-state index contributed by atoms with van der Waals surface area (Å²) in [4.78, 5) is 26.8. The second kappa shape index (κ2) is 8.77. The van der Waals surface area contributed by atoms with Gasteiger partial charge in [-0.25, -0.2) is 0 Å². The molecule has 1 aliphatic rings. The molecule has 1 aliphatic heterocycles. The summed E-state index contributed by atoms with van der Waals surface area (Å²) in [5, 5.41) is 2.90. The minimum atomic E-state index is -0.419. The smallest absolute Gasteiger partial charge is 0.229 e. The highest BCUT2D eigenvalue weighted by atomic mass is 35.5. The lowest BCUT2D eigenvalue weighted by Crippen LogP contribution is -2.28. The van der Waals surface area contributed by atoms with E-state index in [1.165, 1.54) is 0 Å². The zero-order valence-electron chi connectivity index (χ0n) is 15.4. The number of ether oxygens (including phenoxy) is 1. The Morgan fingerprint density at radius 1 is 1.30 bits per heavy atom. The summed E-state index contributed by atoms with van der Waals surface area (Å²) in [6.45, 7) is 4.64. The molecule has 3 N–H and O–H groups in total. The van der Waals surface area contributed by atoms with Crippen LogP contribution in [0.15, 0.2) is 42.5 Å². The van der Waals surface area contributed by atoms with Crippen LogP contribution in [0.3, 0.4) is 0 Å². The molecule has 1 fully saturated rings. The Morgan fingerprint density at radius 3 is 2.78 bits per heavy atom. The quantitative estimate of drug-likeness (QED) is 0.767. The molecule has 6 nitrogen and oxygen atoms in total. The van der Waals surface area contributed by atoms with Gasteiger partial charge >= 0.3 is 0 Å². The number of hydrogen-bond donors (Lipinski definition) is 2. The number of aryl methyl sites for hydroxylation is 1. The van der Waals surface area contributed by atoms with E-state index in [0.717, 1.165) is 5.56 Å². The molecule has 3 rings (SSSR count). The molecule has 0 aliphatic carbocycles. The number of halogens is 1. The number of nitrogens with two attached hydrogens (primary N) is 1. The molecule has 27 heavy (non-hydrogen) atoms. The first kappa shape index (κ1) is 20.6. The van der Waals surface area contributed by atoms with Crippen LogP contribution >= 0.6 is 12.4 Å². The highest BCUT2D eigenvalue weighted by molar-refractivity contribution is 6.04. The number of carbonyl (C=O) groups excluding carboxylic acids is 2. The van der Waals surface area contributed by atoms with Crippen molar-refractivity contribution >= 4 is 41.3 Å². The average Bonchev–Trinajstić information content (AvgIpc) is 3.01. The summed E-state index contributed by atoms with van der Waals surface area (Å²) in [7, 11) is 0. The van der Waals surface area contributed by atoms with E-state index in [1.54, 1.807) is 17.0 Å². The van der Waals surface area contributed by atoms with Crippen molar-refractivity contribution in [2.24, 2.45) is 5.92 Å². The number of rotatable bonds is 5. The van der Waals surface area contributed by atoms with E-state index < -0.39 is 5.92 Å². The third-order valence-corrected chi connectivity index (χ3v) is 4.47. The van der Waals surface area contributed by atoms with Crippen molar-refractivity contribution in [1.82, 2.24) is 0 Å². The van der Waals surface area contributed by atoms with Crippen LogP contribution in [-0.2, 0) is 9.59 Å². The molecular weight excluding hydrogens is 366 g/mol. The number of hydrogen-bond acceptors (Lipinski definition) is 4. The molecule has 0 radical (unpaired) electrons. The number of nitrogens with one attached hydrogen (secondary N) is 1. The van der Waals surface area contributed by atoms with Crippen LogP contribution < -0.4 is 20.7 Å². The number of carbonyl (C=O) groups is 2. The lowest BCUT2D eigenvalue weighted by Gasteiger charge is -2.20. The third-order valence-electron chi connectivity index (χ3n) is 4.47. The fourth-order valence-electron chi connectivity index (χ4n) is 3.08. The summed E-state index contributed by atoms with van der Waals surface area (Å²) >= 11 is 0. The fourth-order valence-corrected chi connectivity index (χ4v) is 3.08. The standard InChI is InChI=1S/C20H23N3O3.ClH/c1-3-26-18-7-5-4-6-17(18)23-12-14(10-19(23)24)20(25)22-16-11-15(21)9-8-13(16)2;/h4-9,11,14H,3,10,12,21H2,1-2H3,(H,22,25);1H. The molecule has 1 atom stereocenters. The van der Waals surface area contributed by atoms with E-state index in [2.05, 4.69) is 5.32 Å². The number of benzene rings is 2. The van der Waals surface area contributed by atoms with Crippen molar-refractivity contribution in [3.8, 4) is 5.75 Å². The van der Waals surface area contributed by atoms with Gasteiger partial charge in [-0.1, -0.05) is 18.2 Å². The highest BCUT2D eigenvalue weighted by Crippen LogP contribution is 2.33. The fraction of sp³-hybridized carbons (Fsp3) is 0.300. The summed E-state index contributed by atoms with van der Waals surface area (Å²) in [5.74, 6) is -0.0286. The van der Waals surface area contributed by atoms with Gasteiger partial charge in [0.1, 0.15) is 5.75 Å². The molecule has 2 aromatic carbocycles. The van der Waals surface area contributed by atoms with Gasteiger partial charge in [0.05, 0.1) is 18.2 Å². The molecule has 2 amide bonds. The normalized spacial score (nSPS) is 16.0. The molecule has 0 spiro atoms. The zero-order chi connectivity index (χ0) is 18.7. The van der Waals surface area contributed by atoms with E-state index >= 15 is 0 Å². The first-order valence-electron chi connectivity index (χ1n) is 8.68. The van der Waals surface area contributed by atoms with Gasteiger partial charge in [0.2, 0.25) is 11.8 Å². The molecule has 2 aromatic rings. The van der Waals surface area contributed by atoms with Crippen LogP contribution in [0.2, 0.25) is 0 Å². The van der Waals surface area contributed by atoms with E-state index in [-0.39, 0.29) is 30.6 Å². The summed E-state index contributed by atoms with van der Waals surface area (Å²) in [5.41, 5.74) is 8.68. The van der Waals surface area contributed by atoms with Crippen molar-refractivity contribution < 1.29 is 14.3 Å². The Morgan fingerprint density at radius 2 is 2.04 bits per heavy atom. The minimum Gasteiger partial charge on any atom is -0.492 e. The molecule has 1 unspecified atom stereocenters. The molecule has 0 bridgehead atoms. The Bertz CT molecular complexity index is 841. The lowest BCUT2D eigenvalue weighted by atomic mass is 10.1. The average molecular weight is 390 g/mol. The third kappa shape index (κ3) is 4.52. The Balaban J connectivity index is 0.00000261. The van der Waals surface area contributed by atoms with Crippen LogP contribution in [0.4, 0.5) is 17.1 Å². The predicted molar refractivity (Wildman–Crippen MR) is 110 cm³/mol. The first-order chi connectivity index (χ1) is 12.5. The summed E-state index contributed by atoms with van der Waals surface area (Å²) < 4.78 is 5.61. The molecule has 0 saturated carbocycles. The van der Waals surface area contributed by atoms with Gasteiger partial charge in [0, 0.05) is 24.3 Å². The van der Waals surface area contributed by atoms with Crippen molar-refractivity contribution in [3.63, 3.8) is 0 Å². The zero-order valence-corrected chi connectivity index (χ0v) is 16.2. The largest absolute Gasteiger partial charge is 0.492 e. The van der Waals surface area contributed by atoms with E-state index in [1.807, 2.05) is 44.2 Å². The number of para-hydroxylation sites is 2. The van der Waals surface area contributed by atoms with Gasteiger partial charge in [0.25, 0.3) is 0 Å². The lowest BCUT2D eigenvalue weighted by molar-refractivity contribution is -0.122. The first-order valence-corrected chi connectivity index (χ1v) is 8.68. The highest BCUT2D eigenvalue weighted by Gasteiger charge is 2.36. The SMILES string of the molecule is CCOc1ccccc1N1CC(C(=O)Nc2cc(N)ccc2C)CC1=O.Cl. The van der Waals surface area contributed by atoms with Gasteiger partial charge in [-0.3, -0.25) is 9.59 Å². The van der Waals surface area contributed by atoms with Crippen LogP contribution in [0.25, 0.3) is 0 Å². The van der Waals surface area contributed by atoms with Gasteiger partial charge in [-0.05, 0) is 43.7 Å². The predicted octanol–water partition coefficient (Wildman–Crippen LogP) is 3.39. The Kier molecular flexibility index (Phi) is 6.69. The van der Waals surface area contributed by atoms with Gasteiger partial charge in [-0.15, -0.1) is 12.4 Å². The summed E-state index contributed by atoms with van der Waals surface area (Å²) in [6, 6.07) is 12.8. The Hall–Kier alpha value is -2.73. The molecule has 1 heterocycles. The molecule has 0 aromatic heterocycles. The number of nitrogens with zero attached hydrogens (tertiary/aromatic N) is 1. The topological polar surface area (TPSA) is 84.7 Å². The maximum absolute atomic E-state index is 12.6. The second-order valence-corrected chi connectivity index (χ2v) is 6.37. The van der Waals surface area contributed by atoms with E-state index in [4.69, 9.17) is 10.5 Å². The van der Waals surface area contributed by atoms with Crippen LogP contribution in [-0.4, -0.2) is 25.0 Å². The minimum absolute atomic E-state index is 0. The van der Waals surface area contributed by atoms with Gasteiger partial charge in [-0.2, -0.15) is 0 Å². The maximum Gasteiger partial charge on any atom is 0.229 e. The molecule has 7 heteroatoms. The van der Waals surface area contributed by atoms with Crippen LogP contribution in [0, 0.1) is 12.8 Å². The molecule has 1 saturated heterocycles. The van der Waals surface area contributed by atoms with Gasteiger partial charge in [0.15, 0.2) is 0 Å². The van der Waals surface area contributed by atoms with Crippen LogP contribution in [0.5, 0.6) is 5.75 Å². The van der Waals surface area contributed by atoms with E-state index in [9.17, 15) is 9.59 Å². The summed E-state index contributed by atoms with van der Waals surface area (Å²) in [6.07, 6.45) is 0.174. The van der Waals surface area contributed by atoms with Crippen LogP contribution in [0.1, 0.15) is 18.9 Å².